The van der Waals surface area contributed by atoms with E-state index < -0.39 is 5.60 Å². The molecule has 0 aromatic carbocycles. The van der Waals surface area contributed by atoms with Crippen LogP contribution < -0.4 is 5.73 Å². The van der Waals surface area contributed by atoms with E-state index >= 15 is 0 Å². The number of anilines is 1. The highest BCUT2D eigenvalue weighted by atomic mass is 16.6. The molecule has 8 heteroatoms. The van der Waals surface area contributed by atoms with E-state index in [9.17, 15) is 0 Å². The fraction of sp³-hybridized carbons (Fsp3) is 0.556. The van der Waals surface area contributed by atoms with Gasteiger partial charge in [-0.2, -0.15) is 4.98 Å². The SMILES string of the molecule is COC1(c2noc(-c3nonc3N)n2)CCC1. The van der Waals surface area contributed by atoms with Gasteiger partial charge in [0.2, 0.25) is 17.3 Å². The number of hydrogen-bond acceptors (Lipinski definition) is 8. The Kier molecular flexibility index (Phi) is 2.11. The first-order valence-electron chi connectivity index (χ1n) is 5.23. The predicted octanol–water partition coefficient (Wildman–Crippen LogP) is 0.727. The molecule has 0 saturated heterocycles. The van der Waals surface area contributed by atoms with Crippen LogP contribution in [0.15, 0.2) is 9.15 Å². The lowest BCUT2D eigenvalue weighted by Gasteiger charge is -2.37. The van der Waals surface area contributed by atoms with E-state index in [1.807, 2.05) is 0 Å². The Morgan fingerprint density at radius 3 is 2.65 bits per heavy atom. The fourth-order valence-electron chi connectivity index (χ4n) is 1.87. The van der Waals surface area contributed by atoms with Gasteiger partial charge in [-0.1, -0.05) is 5.16 Å². The van der Waals surface area contributed by atoms with E-state index in [0.717, 1.165) is 19.3 Å². The van der Waals surface area contributed by atoms with E-state index in [1.165, 1.54) is 0 Å². The van der Waals surface area contributed by atoms with Crippen molar-refractivity contribution in [3.05, 3.63) is 5.82 Å². The summed E-state index contributed by atoms with van der Waals surface area (Å²) in [5, 5.41) is 11.0. The highest BCUT2D eigenvalue weighted by Gasteiger charge is 2.43. The van der Waals surface area contributed by atoms with E-state index in [2.05, 4.69) is 25.1 Å². The highest BCUT2D eigenvalue weighted by Crippen LogP contribution is 2.43. The Labute approximate surface area is 96.1 Å². The largest absolute Gasteiger partial charge is 0.379 e. The number of methoxy groups -OCH3 is 1. The Balaban J connectivity index is 1.96. The lowest BCUT2D eigenvalue weighted by molar-refractivity contribution is -0.0858. The summed E-state index contributed by atoms with van der Waals surface area (Å²) < 4.78 is 15.0. The third-order valence-electron chi connectivity index (χ3n) is 3.10. The first-order valence-corrected chi connectivity index (χ1v) is 5.23. The van der Waals surface area contributed by atoms with Crippen molar-refractivity contribution in [2.24, 2.45) is 0 Å². The molecule has 2 heterocycles. The molecule has 1 aliphatic rings. The molecule has 0 unspecified atom stereocenters. The van der Waals surface area contributed by atoms with Gasteiger partial charge >= 0.3 is 0 Å². The molecular formula is C9H11N5O3. The number of hydrogen-bond donors (Lipinski definition) is 1. The van der Waals surface area contributed by atoms with Gasteiger partial charge in [-0.15, -0.1) is 0 Å². The lowest BCUT2D eigenvalue weighted by atomic mass is 9.79. The van der Waals surface area contributed by atoms with Crippen molar-refractivity contribution in [3.63, 3.8) is 0 Å². The minimum absolute atomic E-state index is 0.125. The second kappa shape index (κ2) is 3.52. The van der Waals surface area contributed by atoms with Gasteiger partial charge in [0.25, 0.3) is 5.89 Å². The number of nitrogen functional groups attached to an aromatic ring is 1. The van der Waals surface area contributed by atoms with Gasteiger partial charge in [-0.25, -0.2) is 4.63 Å². The Morgan fingerprint density at radius 2 is 2.12 bits per heavy atom. The number of rotatable bonds is 3. The van der Waals surface area contributed by atoms with Crippen LogP contribution >= 0.6 is 0 Å². The molecule has 1 fully saturated rings. The first kappa shape index (κ1) is 10.2. The van der Waals surface area contributed by atoms with Crippen LogP contribution in [-0.4, -0.2) is 27.6 Å². The van der Waals surface area contributed by atoms with E-state index in [-0.39, 0.29) is 17.4 Å². The lowest BCUT2D eigenvalue weighted by Crippen LogP contribution is -2.37. The zero-order chi connectivity index (χ0) is 11.9. The molecule has 0 spiro atoms. The van der Waals surface area contributed by atoms with Gasteiger partial charge in [0.05, 0.1) is 0 Å². The summed E-state index contributed by atoms with van der Waals surface area (Å²) in [5.41, 5.74) is 5.38. The normalized spacial score (nSPS) is 17.9. The molecule has 1 aliphatic carbocycles. The van der Waals surface area contributed by atoms with E-state index in [4.69, 9.17) is 15.0 Å². The van der Waals surface area contributed by atoms with Crippen LogP contribution in [0.1, 0.15) is 25.1 Å². The Morgan fingerprint density at radius 1 is 1.29 bits per heavy atom. The summed E-state index contributed by atoms with van der Waals surface area (Å²) in [6, 6.07) is 0. The van der Waals surface area contributed by atoms with Crippen LogP contribution in [0.2, 0.25) is 0 Å². The summed E-state index contributed by atoms with van der Waals surface area (Å²) >= 11 is 0. The molecule has 0 bridgehead atoms. The van der Waals surface area contributed by atoms with Crippen molar-refractivity contribution in [2.45, 2.75) is 24.9 Å². The monoisotopic (exact) mass is 237 g/mol. The van der Waals surface area contributed by atoms with Crippen LogP contribution in [0.25, 0.3) is 11.6 Å². The third-order valence-corrected chi connectivity index (χ3v) is 3.10. The number of aromatic nitrogens is 4. The van der Waals surface area contributed by atoms with Gasteiger partial charge in [0, 0.05) is 7.11 Å². The predicted molar refractivity (Wildman–Crippen MR) is 54.5 cm³/mol. The molecular weight excluding hydrogens is 226 g/mol. The zero-order valence-corrected chi connectivity index (χ0v) is 9.21. The number of ether oxygens (including phenoxy) is 1. The van der Waals surface area contributed by atoms with Crippen molar-refractivity contribution >= 4 is 5.82 Å². The van der Waals surface area contributed by atoms with Crippen LogP contribution in [0.5, 0.6) is 0 Å². The van der Waals surface area contributed by atoms with E-state index in [0.29, 0.717) is 5.82 Å². The molecule has 90 valence electrons. The molecule has 0 aliphatic heterocycles. The van der Waals surface area contributed by atoms with Gasteiger partial charge in [0.15, 0.2) is 0 Å². The van der Waals surface area contributed by atoms with Crippen molar-refractivity contribution < 1.29 is 13.9 Å². The molecule has 2 aromatic rings. The smallest absolute Gasteiger partial charge is 0.284 e. The van der Waals surface area contributed by atoms with Gasteiger partial charge < -0.3 is 15.0 Å². The van der Waals surface area contributed by atoms with Crippen molar-refractivity contribution in [1.82, 2.24) is 20.5 Å². The summed E-state index contributed by atoms with van der Waals surface area (Å²) in [6.45, 7) is 0. The standard InChI is InChI=1S/C9H11N5O3/c1-15-9(3-2-4-9)8-11-7(16-14-8)5-6(10)13-17-12-5/h2-4H2,1H3,(H2,10,13). The second-order valence-corrected chi connectivity index (χ2v) is 3.97. The van der Waals surface area contributed by atoms with Crippen LogP contribution in [0.4, 0.5) is 5.82 Å². The number of nitrogens with two attached hydrogens (primary N) is 1. The summed E-state index contributed by atoms with van der Waals surface area (Å²) in [6.07, 6.45) is 2.86. The van der Waals surface area contributed by atoms with Crippen LogP contribution in [0.3, 0.4) is 0 Å². The maximum absolute atomic E-state index is 5.54. The molecule has 1 saturated carbocycles. The Bertz CT molecular complexity index is 525. The molecule has 0 atom stereocenters. The minimum atomic E-state index is -0.423. The third kappa shape index (κ3) is 1.41. The first-order chi connectivity index (χ1) is 8.25. The van der Waals surface area contributed by atoms with Crippen LogP contribution in [0, 0.1) is 0 Å². The van der Waals surface area contributed by atoms with Crippen molar-refractivity contribution in [1.29, 1.82) is 0 Å². The molecule has 8 nitrogen and oxygen atoms in total. The molecule has 2 N–H and O–H groups in total. The molecule has 2 aromatic heterocycles. The maximum Gasteiger partial charge on any atom is 0.284 e. The molecule has 0 radical (unpaired) electrons. The zero-order valence-electron chi connectivity index (χ0n) is 9.21. The summed E-state index contributed by atoms with van der Waals surface area (Å²) in [4.78, 5) is 4.23. The van der Waals surface area contributed by atoms with Gasteiger partial charge in [-0.05, 0) is 29.6 Å². The van der Waals surface area contributed by atoms with Gasteiger partial charge in [0.1, 0.15) is 5.60 Å². The van der Waals surface area contributed by atoms with Crippen molar-refractivity contribution in [2.75, 3.05) is 12.8 Å². The topological polar surface area (TPSA) is 113 Å². The van der Waals surface area contributed by atoms with Crippen molar-refractivity contribution in [3.8, 4) is 11.6 Å². The number of nitrogens with zero attached hydrogens (tertiary/aromatic N) is 4. The highest BCUT2D eigenvalue weighted by molar-refractivity contribution is 5.60. The average Bonchev–Trinajstić information content (AvgIpc) is 2.86. The molecule has 3 rings (SSSR count). The Hall–Kier alpha value is -1.96. The maximum atomic E-state index is 5.54. The fourth-order valence-corrected chi connectivity index (χ4v) is 1.87. The molecule has 17 heavy (non-hydrogen) atoms. The van der Waals surface area contributed by atoms with Crippen LogP contribution in [-0.2, 0) is 10.3 Å². The summed E-state index contributed by atoms with van der Waals surface area (Å²) in [5.74, 6) is 0.839. The average molecular weight is 237 g/mol. The summed E-state index contributed by atoms with van der Waals surface area (Å²) in [7, 11) is 1.64. The molecule has 0 amide bonds. The van der Waals surface area contributed by atoms with E-state index in [1.54, 1.807) is 7.11 Å². The second-order valence-electron chi connectivity index (χ2n) is 3.97. The quantitative estimate of drug-likeness (QED) is 0.830. The minimum Gasteiger partial charge on any atom is -0.379 e. The van der Waals surface area contributed by atoms with Gasteiger partial charge in [-0.3, -0.25) is 0 Å².